The zero-order valence-electron chi connectivity index (χ0n) is 6.49. The molecule has 13 heavy (non-hydrogen) atoms. The van der Waals surface area contributed by atoms with Crippen molar-refractivity contribution in [3.8, 4) is 0 Å². The Morgan fingerprint density at radius 1 is 1.38 bits per heavy atom. The Hall–Kier alpha value is -0.980. The second-order valence-electron chi connectivity index (χ2n) is 2.39. The number of anilines is 2. The van der Waals surface area contributed by atoms with Crippen molar-refractivity contribution in [1.82, 2.24) is 0 Å². The third kappa shape index (κ3) is 3.10. The van der Waals surface area contributed by atoms with Crippen molar-refractivity contribution in [2.24, 2.45) is 5.14 Å². The first kappa shape index (κ1) is 10.1. The van der Waals surface area contributed by atoms with Gasteiger partial charge in [0, 0.05) is 5.69 Å². The summed E-state index contributed by atoms with van der Waals surface area (Å²) < 4.78 is 23.3. The Kier molecular flexibility index (Phi) is 2.65. The van der Waals surface area contributed by atoms with Gasteiger partial charge in [-0.1, -0.05) is 11.6 Å². The van der Waals surface area contributed by atoms with Gasteiger partial charge in [-0.15, -0.1) is 0 Å². The minimum atomic E-state index is -3.81. The van der Waals surface area contributed by atoms with Crippen molar-refractivity contribution in [2.45, 2.75) is 0 Å². The van der Waals surface area contributed by atoms with Crippen molar-refractivity contribution in [3.05, 3.63) is 23.2 Å². The monoisotopic (exact) mass is 221 g/mol. The van der Waals surface area contributed by atoms with Crippen LogP contribution in [-0.4, -0.2) is 8.42 Å². The zero-order valence-corrected chi connectivity index (χ0v) is 8.06. The standard InChI is InChI=1S/C6H8ClN3O2S/c7-5-2-1-4(8)3-6(5)10-13(9,11)12/h1-3,10H,8H2,(H2,9,11,12). The van der Waals surface area contributed by atoms with Crippen LogP contribution >= 0.6 is 11.6 Å². The van der Waals surface area contributed by atoms with Crippen LogP contribution in [0, 0.1) is 0 Å². The Morgan fingerprint density at radius 2 is 2.00 bits per heavy atom. The number of nitrogens with one attached hydrogen (secondary N) is 1. The van der Waals surface area contributed by atoms with E-state index in [9.17, 15) is 8.42 Å². The summed E-state index contributed by atoms with van der Waals surface area (Å²) in [4.78, 5) is 0. The smallest absolute Gasteiger partial charge is 0.296 e. The highest BCUT2D eigenvalue weighted by Gasteiger charge is 2.06. The van der Waals surface area contributed by atoms with Gasteiger partial charge in [-0.05, 0) is 18.2 Å². The number of halogens is 1. The molecule has 1 aromatic carbocycles. The Bertz CT molecular complexity index is 418. The largest absolute Gasteiger partial charge is 0.399 e. The molecular formula is C6H8ClN3O2S. The fraction of sp³-hybridized carbons (Fsp3) is 0. The van der Waals surface area contributed by atoms with E-state index in [0.29, 0.717) is 5.69 Å². The molecule has 1 rings (SSSR count). The molecule has 72 valence electrons. The highest BCUT2D eigenvalue weighted by Crippen LogP contribution is 2.24. The molecular weight excluding hydrogens is 214 g/mol. The SMILES string of the molecule is Nc1ccc(Cl)c(NS(N)(=O)=O)c1. The van der Waals surface area contributed by atoms with Crippen molar-refractivity contribution >= 4 is 33.2 Å². The predicted octanol–water partition coefficient (Wildman–Crippen LogP) is 0.538. The Labute approximate surface area is 80.9 Å². The summed E-state index contributed by atoms with van der Waals surface area (Å²) >= 11 is 5.66. The first-order chi connectivity index (χ1) is 5.88. The molecule has 0 atom stereocenters. The molecule has 0 heterocycles. The third-order valence-corrected chi connectivity index (χ3v) is 2.08. The van der Waals surface area contributed by atoms with Crippen molar-refractivity contribution in [2.75, 3.05) is 10.5 Å². The molecule has 0 aliphatic carbocycles. The lowest BCUT2D eigenvalue weighted by Gasteiger charge is -2.05. The summed E-state index contributed by atoms with van der Waals surface area (Å²) in [6.45, 7) is 0. The lowest BCUT2D eigenvalue weighted by Crippen LogP contribution is -2.21. The number of nitrogens with two attached hydrogens (primary N) is 2. The number of hydrogen-bond donors (Lipinski definition) is 3. The van der Waals surface area contributed by atoms with Crippen molar-refractivity contribution in [3.63, 3.8) is 0 Å². The van der Waals surface area contributed by atoms with E-state index in [4.69, 9.17) is 22.5 Å². The molecule has 0 fully saturated rings. The number of rotatable bonds is 2. The second-order valence-corrected chi connectivity index (χ2v) is 4.09. The van der Waals surface area contributed by atoms with Gasteiger partial charge in [-0.25, -0.2) is 5.14 Å². The van der Waals surface area contributed by atoms with Gasteiger partial charge in [-0.2, -0.15) is 8.42 Å². The Balaban J connectivity index is 3.08. The van der Waals surface area contributed by atoms with E-state index in [1.807, 2.05) is 4.72 Å². The fourth-order valence-corrected chi connectivity index (χ4v) is 1.47. The predicted molar refractivity (Wildman–Crippen MR) is 52.6 cm³/mol. The Morgan fingerprint density at radius 3 is 2.54 bits per heavy atom. The molecule has 0 spiro atoms. The van der Waals surface area contributed by atoms with Gasteiger partial charge in [0.05, 0.1) is 10.7 Å². The van der Waals surface area contributed by atoms with E-state index < -0.39 is 10.2 Å². The third-order valence-electron chi connectivity index (χ3n) is 1.24. The lowest BCUT2D eigenvalue weighted by atomic mass is 10.3. The first-order valence-corrected chi connectivity index (χ1v) is 5.16. The summed E-state index contributed by atoms with van der Waals surface area (Å²) in [6.07, 6.45) is 0. The van der Waals surface area contributed by atoms with E-state index in [0.717, 1.165) is 0 Å². The molecule has 5 nitrogen and oxygen atoms in total. The molecule has 0 aliphatic rings. The molecule has 0 aromatic heterocycles. The second kappa shape index (κ2) is 3.41. The highest BCUT2D eigenvalue weighted by molar-refractivity contribution is 7.90. The quantitative estimate of drug-likeness (QED) is 0.636. The molecule has 0 saturated carbocycles. The van der Waals surface area contributed by atoms with Crippen LogP contribution in [0.3, 0.4) is 0 Å². The fourth-order valence-electron chi connectivity index (χ4n) is 0.774. The van der Waals surface area contributed by atoms with Crippen LogP contribution in [0.1, 0.15) is 0 Å². The molecule has 0 bridgehead atoms. The first-order valence-electron chi connectivity index (χ1n) is 3.24. The molecule has 0 saturated heterocycles. The van der Waals surface area contributed by atoms with Crippen LogP contribution in [0.25, 0.3) is 0 Å². The van der Waals surface area contributed by atoms with Gasteiger partial charge in [0.2, 0.25) is 0 Å². The summed E-state index contributed by atoms with van der Waals surface area (Å²) in [5, 5.41) is 4.99. The molecule has 1 aromatic rings. The van der Waals surface area contributed by atoms with E-state index in [2.05, 4.69) is 0 Å². The summed E-state index contributed by atoms with van der Waals surface area (Å²) in [5.41, 5.74) is 5.98. The molecule has 0 amide bonds. The lowest BCUT2D eigenvalue weighted by molar-refractivity contribution is 0.603. The molecule has 0 aliphatic heterocycles. The maximum absolute atomic E-state index is 10.6. The van der Waals surface area contributed by atoms with Crippen LogP contribution < -0.4 is 15.6 Å². The number of hydrogen-bond acceptors (Lipinski definition) is 3. The van der Waals surface area contributed by atoms with E-state index in [-0.39, 0.29) is 10.7 Å². The summed E-state index contributed by atoms with van der Waals surface area (Å²) in [7, 11) is -3.81. The zero-order chi connectivity index (χ0) is 10.1. The van der Waals surface area contributed by atoms with Gasteiger partial charge < -0.3 is 5.73 Å². The number of nitrogen functional groups attached to an aromatic ring is 1. The molecule has 5 N–H and O–H groups in total. The van der Waals surface area contributed by atoms with Crippen LogP contribution in [0.5, 0.6) is 0 Å². The van der Waals surface area contributed by atoms with Gasteiger partial charge in [0.15, 0.2) is 0 Å². The number of benzene rings is 1. The van der Waals surface area contributed by atoms with Gasteiger partial charge in [0.25, 0.3) is 10.2 Å². The highest BCUT2D eigenvalue weighted by atomic mass is 35.5. The molecule has 7 heteroatoms. The van der Waals surface area contributed by atoms with E-state index in [1.165, 1.54) is 12.1 Å². The van der Waals surface area contributed by atoms with Crippen molar-refractivity contribution in [1.29, 1.82) is 0 Å². The van der Waals surface area contributed by atoms with Crippen LogP contribution in [0.15, 0.2) is 18.2 Å². The topological polar surface area (TPSA) is 98.2 Å². The molecule has 0 unspecified atom stereocenters. The minimum absolute atomic E-state index is 0.171. The van der Waals surface area contributed by atoms with Crippen LogP contribution in [-0.2, 0) is 10.2 Å². The van der Waals surface area contributed by atoms with E-state index >= 15 is 0 Å². The average Bonchev–Trinajstić information content (AvgIpc) is 1.94. The van der Waals surface area contributed by atoms with Crippen LogP contribution in [0.2, 0.25) is 5.02 Å². The van der Waals surface area contributed by atoms with Gasteiger partial charge in [-0.3, -0.25) is 4.72 Å². The minimum Gasteiger partial charge on any atom is -0.399 e. The van der Waals surface area contributed by atoms with E-state index in [1.54, 1.807) is 6.07 Å². The van der Waals surface area contributed by atoms with Gasteiger partial charge in [0.1, 0.15) is 0 Å². The molecule has 0 radical (unpaired) electrons. The van der Waals surface area contributed by atoms with Crippen LogP contribution in [0.4, 0.5) is 11.4 Å². The summed E-state index contributed by atoms with van der Waals surface area (Å²) in [6, 6.07) is 4.41. The van der Waals surface area contributed by atoms with Gasteiger partial charge >= 0.3 is 0 Å². The maximum atomic E-state index is 10.6. The summed E-state index contributed by atoms with van der Waals surface area (Å²) in [5.74, 6) is 0. The average molecular weight is 222 g/mol. The van der Waals surface area contributed by atoms with Crippen molar-refractivity contribution < 1.29 is 8.42 Å². The maximum Gasteiger partial charge on any atom is 0.296 e. The normalized spacial score (nSPS) is 11.2.